The molecule has 0 spiro atoms. The fourth-order valence-corrected chi connectivity index (χ4v) is 3.14. The molecular formula is C22H22N6. The SMILES string of the molecule is CCc1cc(NC(C)c2ccccc2-n2cccn2)nc(-c2ccccn2)n1. The number of para-hydroxylation sites is 1. The zero-order chi connectivity index (χ0) is 19.3. The van der Waals surface area contributed by atoms with Gasteiger partial charge in [-0.05, 0) is 43.2 Å². The number of hydrogen-bond donors (Lipinski definition) is 1. The normalized spacial score (nSPS) is 11.9. The molecule has 6 heteroatoms. The summed E-state index contributed by atoms with van der Waals surface area (Å²) in [6.07, 6.45) is 6.32. The fourth-order valence-electron chi connectivity index (χ4n) is 3.14. The molecule has 0 aliphatic heterocycles. The molecule has 1 N–H and O–H groups in total. The lowest BCUT2D eigenvalue weighted by molar-refractivity contribution is 0.812. The van der Waals surface area contributed by atoms with Crippen LogP contribution in [0.2, 0.25) is 0 Å². The lowest BCUT2D eigenvalue weighted by Crippen LogP contribution is -2.12. The molecule has 0 bridgehead atoms. The molecule has 0 aliphatic carbocycles. The van der Waals surface area contributed by atoms with Crippen molar-refractivity contribution in [1.29, 1.82) is 0 Å². The lowest BCUT2D eigenvalue weighted by Gasteiger charge is -2.19. The molecule has 0 fully saturated rings. The number of aryl methyl sites for hydroxylation is 1. The summed E-state index contributed by atoms with van der Waals surface area (Å²) in [7, 11) is 0. The zero-order valence-electron chi connectivity index (χ0n) is 15.9. The first kappa shape index (κ1) is 17.9. The van der Waals surface area contributed by atoms with Gasteiger partial charge < -0.3 is 5.32 Å². The van der Waals surface area contributed by atoms with Crippen LogP contribution in [0.4, 0.5) is 5.82 Å². The van der Waals surface area contributed by atoms with Gasteiger partial charge in [-0.3, -0.25) is 4.98 Å². The quantitative estimate of drug-likeness (QED) is 0.543. The van der Waals surface area contributed by atoms with E-state index in [4.69, 9.17) is 4.98 Å². The molecule has 6 nitrogen and oxygen atoms in total. The molecule has 1 unspecified atom stereocenters. The maximum Gasteiger partial charge on any atom is 0.180 e. The number of anilines is 1. The van der Waals surface area contributed by atoms with E-state index < -0.39 is 0 Å². The molecular weight excluding hydrogens is 348 g/mol. The van der Waals surface area contributed by atoms with Crippen molar-refractivity contribution in [3.8, 4) is 17.2 Å². The Hall–Kier alpha value is -3.54. The van der Waals surface area contributed by atoms with Gasteiger partial charge in [0.1, 0.15) is 11.5 Å². The van der Waals surface area contributed by atoms with Crippen LogP contribution in [0.3, 0.4) is 0 Å². The van der Waals surface area contributed by atoms with Crippen LogP contribution in [-0.4, -0.2) is 24.7 Å². The Bertz CT molecular complexity index is 1040. The average Bonchev–Trinajstić information content (AvgIpc) is 3.29. The van der Waals surface area contributed by atoms with Crippen molar-refractivity contribution in [2.24, 2.45) is 0 Å². The molecule has 0 amide bonds. The van der Waals surface area contributed by atoms with Gasteiger partial charge in [0.25, 0.3) is 0 Å². The Balaban J connectivity index is 1.66. The van der Waals surface area contributed by atoms with E-state index in [2.05, 4.69) is 46.4 Å². The second-order valence-electron chi connectivity index (χ2n) is 6.51. The van der Waals surface area contributed by atoms with Gasteiger partial charge in [-0.1, -0.05) is 31.2 Å². The van der Waals surface area contributed by atoms with Crippen molar-refractivity contribution in [3.05, 3.63) is 84.4 Å². The van der Waals surface area contributed by atoms with Crippen LogP contribution in [0.15, 0.2) is 73.2 Å². The zero-order valence-corrected chi connectivity index (χ0v) is 15.9. The van der Waals surface area contributed by atoms with Gasteiger partial charge in [-0.15, -0.1) is 0 Å². The van der Waals surface area contributed by atoms with E-state index in [0.29, 0.717) is 5.82 Å². The van der Waals surface area contributed by atoms with Crippen molar-refractivity contribution >= 4 is 5.82 Å². The van der Waals surface area contributed by atoms with Crippen molar-refractivity contribution in [2.45, 2.75) is 26.3 Å². The van der Waals surface area contributed by atoms with Gasteiger partial charge >= 0.3 is 0 Å². The highest BCUT2D eigenvalue weighted by Crippen LogP contribution is 2.25. The van der Waals surface area contributed by atoms with E-state index in [0.717, 1.165) is 34.9 Å². The molecule has 0 saturated carbocycles. The van der Waals surface area contributed by atoms with Crippen LogP contribution in [-0.2, 0) is 6.42 Å². The van der Waals surface area contributed by atoms with Gasteiger partial charge in [-0.25, -0.2) is 14.6 Å². The Labute approximate surface area is 164 Å². The van der Waals surface area contributed by atoms with Gasteiger partial charge in [0.05, 0.1) is 11.7 Å². The smallest absolute Gasteiger partial charge is 0.180 e. The number of hydrogen-bond acceptors (Lipinski definition) is 5. The third-order valence-electron chi connectivity index (χ3n) is 4.55. The summed E-state index contributed by atoms with van der Waals surface area (Å²) >= 11 is 0. The first-order valence-electron chi connectivity index (χ1n) is 9.39. The summed E-state index contributed by atoms with van der Waals surface area (Å²) in [5, 5.41) is 7.90. The summed E-state index contributed by atoms with van der Waals surface area (Å²) in [5.41, 5.74) is 3.93. The number of aromatic nitrogens is 5. The molecule has 3 aromatic heterocycles. The summed E-state index contributed by atoms with van der Waals surface area (Å²) < 4.78 is 1.88. The van der Waals surface area contributed by atoms with Crippen molar-refractivity contribution < 1.29 is 0 Å². The van der Waals surface area contributed by atoms with E-state index in [1.165, 1.54) is 0 Å². The Kier molecular flexibility index (Phi) is 5.10. The highest BCUT2D eigenvalue weighted by Gasteiger charge is 2.14. The molecule has 1 atom stereocenters. The topological polar surface area (TPSA) is 68.5 Å². The van der Waals surface area contributed by atoms with Crippen molar-refractivity contribution in [1.82, 2.24) is 24.7 Å². The maximum atomic E-state index is 4.70. The van der Waals surface area contributed by atoms with Gasteiger partial charge in [0, 0.05) is 30.4 Å². The van der Waals surface area contributed by atoms with Crippen LogP contribution >= 0.6 is 0 Å². The average molecular weight is 370 g/mol. The molecule has 0 aliphatic rings. The number of rotatable bonds is 6. The van der Waals surface area contributed by atoms with Crippen LogP contribution in [0.5, 0.6) is 0 Å². The number of pyridine rings is 1. The van der Waals surface area contributed by atoms with Crippen LogP contribution in [0.25, 0.3) is 17.2 Å². The van der Waals surface area contributed by atoms with E-state index in [1.807, 2.05) is 53.3 Å². The lowest BCUT2D eigenvalue weighted by atomic mass is 10.1. The molecule has 3 heterocycles. The van der Waals surface area contributed by atoms with Gasteiger partial charge in [-0.2, -0.15) is 5.10 Å². The molecule has 140 valence electrons. The Morgan fingerprint density at radius 2 is 1.86 bits per heavy atom. The van der Waals surface area contributed by atoms with Gasteiger partial charge in [0.15, 0.2) is 5.82 Å². The van der Waals surface area contributed by atoms with Crippen LogP contribution < -0.4 is 5.32 Å². The Morgan fingerprint density at radius 1 is 1.00 bits per heavy atom. The third-order valence-corrected chi connectivity index (χ3v) is 4.55. The van der Waals surface area contributed by atoms with Crippen molar-refractivity contribution in [3.63, 3.8) is 0 Å². The minimum Gasteiger partial charge on any atom is -0.363 e. The minimum atomic E-state index is 0.0385. The maximum absolute atomic E-state index is 4.70. The standard InChI is InChI=1S/C22H22N6/c1-3-17-15-21(27-22(26-17)19-10-6-7-12-23-19)25-16(2)18-9-4-5-11-20(18)28-14-8-13-24-28/h4-16H,3H2,1-2H3,(H,25,26,27). The summed E-state index contributed by atoms with van der Waals surface area (Å²) in [6.45, 7) is 4.21. The number of nitrogens with zero attached hydrogens (tertiary/aromatic N) is 5. The fraction of sp³-hybridized carbons (Fsp3) is 0.182. The van der Waals surface area contributed by atoms with Gasteiger partial charge in [0.2, 0.25) is 0 Å². The first-order chi connectivity index (χ1) is 13.7. The highest BCUT2D eigenvalue weighted by atomic mass is 15.3. The minimum absolute atomic E-state index is 0.0385. The first-order valence-corrected chi connectivity index (χ1v) is 9.39. The second-order valence-corrected chi connectivity index (χ2v) is 6.51. The largest absolute Gasteiger partial charge is 0.363 e. The summed E-state index contributed by atoms with van der Waals surface area (Å²) in [6, 6.07) is 18.0. The van der Waals surface area contributed by atoms with E-state index in [1.54, 1.807) is 12.4 Å². The summed E-state index contributed by atoms with van der Waals surface area (Å²) in [5.74, 6) is 1.42. The summed E-state index contributed by atoms with van der Waals surface area (Å²) in [4.78, 5) is 13.7. The predicted molar refractivity (Wildman–Crippen MR) is 110 cm³/mol. The predicted octanol–water partition coefficient (Wildman–Crippen LogP) is 4.46. The third kappa shape index (κ3) is 3.76. The van der Waals surface area contributed by atoms with Crippen molar-refractivity contribution in [2.75, 3.05) is 5.32 Å². The van der Waals surface area contributed by atoms with Crippen LogP contribution in [0.1, 0.15) is 31.1 Å². The molecule has 4 aromatic rings. The molecule has 1 aromatic carbocycles. The highest BCUT2D eigenvalue weighted by molar-refractivity contribution is 5.54. The second kappa shape index (κ2) is 8.00. The molecule has 0 radical (unpaired) electrons. The molecule has 0 saturated heterocycles. The van der Waals surface area contributed by atoms with E-state index >= 15 is 0 Å². The van der Waals surface area contributed by atoms with E-state index in [-0.39, 0.29) is 6.04 Å². The molecule has 28 heavy (non-hydrogen) atoms. The number of benzene rings is 1. The van der Waals surface area contributed by atoms with Crippen LogP contribution in [0, 0.1) is 0 Å². The molecule has 4 rings (SSSR count). The van der Waals surface area contributed by atoms with E-state index in [9.17, 15) is 0 Å². The number of nitrogens with one attached hydrogen (secondary N) is 1. The Morgan fingerprint density at radius 3 is 2.61 bits per heavy atom. The monoisotopic (exact) mass is 370 g/mol.